The molecule has 0 bridgehead atoms. The lowest BCUT2D eigenvalue weighted by atomic mass is 9.83. The number of nitrogens with zero attached hydrogens (tertiary/aromatic N) is 2. The van der Waals surface area contributed by atoms with Crippen molar-refractivity contribution in [3.8, 4) is 11.1 Å². The van der Waals surface area contributed by atoms with E-state index in [4.69, 9.17) is 0 Å². The van der Waals surface area contributed by atoms with E-state index < -0.39 is 5.60 Å². The van der Waals surface area contributed by atoms with Crippen LogP contribution in [0.15, 0.2) is 79.1 Å². The van der Waals surface area contributed by atoms with Crippen molar-refractivity contribution in [2.75, 3.05) is 13.1 Å². The van der Waals surface area contributed by atoms with E-state index in [2.05, 4.69) is 36.2 Å². The second-order valence-corrected chi connectivity index (χ2v) is 8.70. The number of hydrogen-bond acceptors (Lipinski definition) is 3. The molecule has 0 saturated carbocycles. The lowest BCUT2D eigenvalue weighted by Gasteiger charge is -2.39. The van der Waals surface area contributed by atoms with E-state index in [1.165, 1.54) is 5.56 Å². The van der Waals surface area contributed by atoms with Gasteiger partial charge in [0.25, 0.3) is 0 Å². The summed E-state index contributed by atoms with van der Waals surface area (Å²) >= 11 is 0. The molecule has 1 saturated heterocycles. The van der Waals surface area contributed by atoms with E-state index in [0.717, 1.165) is 16.7 Å². The second-order valence-electron chi connectivity index (χ2n) is 8.70. The molecule has 1 fully saturated rings. The largest absolute Gasteiger partial charge is 0.389 e. The standard InChI is InChI=1S/C27H30N2O2/c1-21(22-8-4-2-5-9-22)18-26(30)29-16-13-27(31,14-17-29)19-24-20-28-15-12-25(24)23-10-6-3-7-11-23/h2-12,15,20-21,31H,13-14,16-19H2,1H3/t21-/m1/s1. The number of likely N-dealkylation sites (tertiary alicyclic amines) is 1. The van der Waals surface area contributed by atoms with Crippen molar-refractivity contribution >= 4 is 5.91 Å². The molecule has 1 amide bonds. The van der Waals surface area contributed by atoms with Gasteiger partial charge in [0.15, 0.2) is 0 Å². The Morgan fingerprint density at radius 1 is 1.03 bits per heavy atom. The zero-order valence-electron chi connectivity index (χ0n) is 18.1. The highest BCUT2D eigenvalue weighted by Crippen LogP contribution is 2.32. The maximum absolute atomic E-state index is 12.8. The second kappa shape index (κ2) is 9.44. The Bertz CT molecular complexity index is 996. The maximum atomic E-state index is 12.8. The zero-order chi connectivity index (χ0) is 21.7. The summed E-state index contributed by atoms with van der Waals surface area (Å²) in [6.07, 6.45) is 5.88. The van der Waals surface area contributed by atoms with Gasteiger partial charge in [0.05, 0.1) is 5.60 Å². The highest BCUT2D eigenvalue weighted by molar-refractivity contribution is 5.77. The van der Waals surface area contributed by atoms with Crippen molar-refractivity contribution in [1.82, 2.24) is 9.88 Å². The van der Waals surface area contributed by atoms with E-state index in [9.17, 15) is 9.90 Å². The average molecular weight is 415 g/mol. The number of aromatic nitrogens is 1. The van der Waals surface area contributed by atoms with Crippen LogP contribution in [0.25, 0.3) is 11.1 Å². The Labute approximate surface area is 184 Å². The molecule has 3 aromatic rings. The van der Waals surface area contributed by atoms with Gasteiger partial charge in [-0.25, -0.2) is 0 Å². The molecule has 1 atom stereocenters. The minimum atomic E-state index is -0.811. The molecule has 1 aliphatic heterocycles. The number of aliphatic hydroxyl groups is 1. The van der Waals surface area contributed by atoms with Gasteiger partial charge in [-0.3, -0.25) is 9.78 Å². The van der Waals surface area contributed by atoms with Gasteiger partial charge in [-0.1, -0.05) is 67.6 Å². The summed E-state index contributed by atoms with van der Waals surface area (Å²) in [5.74, 6) is 0.364. The Morgan fingerprint density at radius 3 is 2.35 bits per heavy atom. The van der Waals surface area contributed by atoms with E-state index in [-0.39, 0.29) is 11.8 Å². The van der Waals surface area contributed by atoms with Crippen LogP contribution in [0.5, 0.6) is 0 Å². The van der Waals surface area contributed by atoms with Gasteiger partial charge < -0.3 is 10.0 Å². The maximum Gasteiger partial charge on any atom is 0.223 e. The first kappa shape index (κ1) is 21.3. The molecule has 31 heavy (non-hydrogen) atoms. The summed E-state index contributed by atoms with van der Waals surface area (Å²) in [7, 11) is 0. The minimum absolute atomic E-state index is 0.171. The van der Waals surface area contributed by atoms with Crippen LogP contribution in [0.3, 0.4) is 0 Å². The van der Waals surface area contributed by atoms with Crippen molar-refractivity contribution in [3.63, 3.8) is 0 Å². The Balaban J connectivity index is 1.38. The molecule has 2 heterocycles. The van der Waals surface area contributed by atoms with E-state index in [1.54, 1.807) is 6.20 Å². The molecule has 0 radical (unpaired) electrons. The van der Waals surface area contributed by atoms with Gasteiger partial charge in [-0.2, -0.15) is 0 Å². The van der Waals surface area contributed by atoms with Gasteiger partial charge in [0.2, 0.25) is 5.91 Å². The molecule has 1 aliphatic rings. The van der Waals surface area contributed by atoms with Crippen molar-refractivity contribution in [1.29, 1.82) is 0 Å². The summed E-state index contributed by atoms with van der Waals surface area (Å²) in [6, 6.07) is 22.4. The number of rotatable bonds is 6. The lowest BCUT2D eigenvalue weighted by molar-refractivity contribution is -0.135. The van der Waals surface area contributed by atoms with Crippen LogP contribution in [0.1, 0.15) is 43.2 Å². The van der Waals surface area contributed by atoms with Crippen LogP contribution < -0.4 is 0 Å². The Morgan fingerprint density at radius 2 is 1.68 bits per heavy atom. The summed E-state index contributed by atoms with van der Waals surface area (Å²) in [5, 5.41) is 11.3. The summed E-state index contributed by atoms with van der Waals surface area (Å²) in [6.45, 7) is 3.29. The summed E-state index contributed by atoms with van der Waals surface area (Å²) in [4.78, 5) is 19.0. The molecule has 2 aromatic carbocycles. The number of carbonyl (C=O) groups excluding carboxylic acids is 1. The van der Waals surface area contributed by atoms with Crippen molar-refractivity contribution in [2.24, 2.45) is 0 Å². The van der Waals surface area contributed by atoms with Gasteiger partial charge >= 0.3 is 0 Å². The first-order valence-corrected chi connectivity index (χ1v) is 11.1. The van der Waals surface area contributed by atoms with Crippen LogP contribution >= 0.6 is 0 Å². The molecular formula is C27H30N2O2. The number of piperidine rings is 1. The first-order chi connectivity index (χ1) is 15.0. The third-order valence-corrected chi connectivity index (χ3v) is 6.40. The predicted octanol–water partition coefficient (Wildman–Crippen LogP) is 4.84. The molecule has 160 valence electrons. The molecule has 1 N–H and O–H groups in total. The van der Waals surface area contributed by atoms with E-state index in [1.807, 2.05) is 53.6 Å². The summed E-state index contributed by atoms with van der Waals surface area (Å²) in [5.41, 5.74) is 3.67. The molecule has 0 aliphatic carbocycles. The Kier molecular flexibility index (Phi) is 6.47. The number of amides is 1. The SMILES string of the molecule is C[C@H](CC(=O)N1CCC(O)(Cc2cnccc2-c2ccccc2)CC1)c1ccccc1. The predicted molar refractivity (Wildman–Crippen MR) is 124 cm³/mol. The minimum Gasteiger partial charge on any atom is -0.389 e. The zero-order valence-corrected chi connectivity index (χ0v) is 18.1. The molecule has 4 heteroatoms. The number of carbonyl (C=O) groups is 1. The highest BCUT2D eigenvalue weighted by Gasteiger charge is 2.35. The molecular weight excluding hydrogens is 384 g/mol. The van der Waals surface area contributed by atoms with Crippen LogP contribution in [0.4, 0.5) is 0 Å². The van der Waals surface area contributed by atoms with Crippen molar-refractivity contribution < 1.29 is 9.90 Å². The number of hydrogen-bond donors (Lipinski definition) is 1. The van der Waals surface area contributed by atoms with Crippen LogP contribution in [-0.2, 0) is 11.2 Å². The van der Waals surface area contributed by atoms with Gasteiger partial charge in [0, 0.05) is 38.3 Å². The first-order valence-electron chi connectivity index (χ1n) is 11.1. The smallest absolute Gasteiger partial charge is 0.223 e. The number of benzene rings is 2. The summed E-state index contributed by atoms with van der Waals surface area (Å²) < 4.78 is 0. The molecule has 0 unspecified atom stereocenters. The molecule has 4 rings (SSSR count). The highest BCUT2D eigenvalue weighted by atomic mass is 16.3. The monoisotopic (exact) mass is 414 g/mol. The van der Waals surface area contributed by atoms with Crippen LogP contribution in [-0.4, -0.2) is 39.6 Å². The van der Waals surface area contributed by atoms with Gasteiger partial charge in [-0.15, -0.1) is 0 Å². The average Bonchev–Trinajstić information content (AvgIpc) is 2.81. The normalized spacial score (nSPS) is 16.6. The van der Waals surface area contributed by atoms with Crippen LogP contribution in [0, 0.1) is 0 Å². The third-order valence-electron chi connectivity index (χ3n) is 6.40. The molecule has 1 aromatic heterocycles. The lowest BCUT2D eigenvalue weighted by Crippen LogP contribution is -2.48. The van der Waals surface area contributed by atoms with Crippen molar-refractivity contribution in [2.45, 2.75) is 44.1 Å². The van der Waals surface area contributed by atoms with E-state index in [0.29, 0.717) is 38.8 Å². The van der Waals surface area contributed by atoms with Crippen molar-refractivity contribution in [3.05, 3.63) is 90.3 Å². The topological polar surface area (TPSA) is 53.4 Å². The Hall–Kier alpha value is -2.98. The van der Waals surface area contributed by atoms with Gasteiger partial charge in [0.1, 0.15) is 0 Å². The number of pyridine rings is 1. The van der Waals surface area contributed by atoms with E-state index >= 15 is 0 Å². The van der Waals surface area contributed by atoms with Crippen LogP contribution in [0.2, 0.25) is 0 Å². The fourth-order valence-corrected chi connectivity index (χ4v) is 4.46. The molecule has 0 spiro atoms. The fourth-order valence-electron chi connectivity index (χ4n) is 4.46. The quantitative estimate of drug-likeness (QED) is 0.628. The third kappa shape index (κ3) is 5.20. The van der Waals surface area contributed by atoms with Gasteiger partial charge in [-0.05, 0) is 47.1 Å². The molecule has 4 nitrogen and oxygen atoms in total. The fraction of sp³-hybridized carbons (Fsp3) is 0.333.